The summed E-state index contributed by atoms with van der Waals surface area (Å²) < 4.78 is 0. The number of carbonyl (C=O) groups is 1. The largest absolute Gasteiger partial charge is 0.370 e. The Labute approximate surface area is 156 Å². The quantitative estimate of drug-likeness (QED) is 0.682. The Hall–Kier alpha value is -2.17. The molecule has 0 heterocycles. The summed E-state index contributed by atoms with van der Waals surface area (Å²) in [7, 11) is 0. The second-order valence-corrected chi connectivity index (χ2v) is 6.43. The van der Waals surface area contributed by atoms with Gasteiger partial charge in [0.2, 0.25) is 5.60 Å². The van der Waals surface area contributed by atoms with Gasteiger partial charge in [0.05, 0.1) is 0 Å². The summed E-state index contributed by atoms with van der Waals surface area (Å²) in [6.07, 6.45) is 2.61. The lowest BCUT2D eigenvalue weighted by atomic mass is 9.86. The van der Waals surface area contributed by atoms with E-state index in [2.05, 4.69) is 13.8 Å². The van der Waals surface area contributed by atoms with Crippen LogP contribution in [0.3, 0.4) is 0 Å². The molecule has 0 amide bonds. The summed E-state index contributed by atoms with van der Waals surface area (Å²) in [5, 5.41) is 13.2. The topological polar surface area (TPSA) is 49.8 Å². The molecular formula is C22H29NO3. The maximum Gasteiger partial charge on any atom is 0.366 e. The number of carbonyl (C=O) groups excluding carboxylic acids is 1. The molecule has 0 unspecified atom stereocenters. The van der Waals surface area contributed by atoms with E-state index in [1.807, 2.05) is 19.1 Å². The van der Waals surface area contributed by atoms with Gasteiger partial charge in [0.1, 0.15) is 0 Å². The van der Waals surface area contributed by atoms with E-state index in [1.54, 1.807) is 53.6 Å². The maximum absolute atomic E-state index is 13.2. The molecule has 0 fully saturated rings. The fraction of sp³-hybridized carbons (Fsp3) is 0.409. The van der Waals surface area contributed by atoms with Gasteiger partial charge in [0.15, 0.2) is 0 Å². The van der Waals surface area contributed by atoms with Crippen molar-refractivity contribution in [3.05, 3.63) is 71.8 Å². The molecule has 0 atom stereocenters. The van der Waals surface area contributed by atoms with Gasteiger partial charge in [-0.3, -0.25) is 0 Å². The molecule has 4 heteroatoms. The average Bonchev–Trinajstić information content (AvgIpc) is 2.69. The maximum atomic E-state index is 13.2. The zero-order chi connectivity index (χ0) is 19.0. The normalized spacial score (nSPS) is 11.8. The molecular weight excluding hydrogens is 326 g/mol. The molecule has 2 aromatic carbocycles. The lowest BCUT2D eigenvalue weighted by Gasteiger charge is -2.33. The molecule has 0 aliphatic heterocycles. The van der Waals surface area contributed by atoms with Gasteiger partial charge in [-0.05, 0) is 30.4 Å². The first-order chi connectivity index (χ1) is 12.6. The minimum Gasteiger partial charge on any atom is -0.370 e. The third kappa shape index (κ3) is 4.32. The summed E-state index contributed by atoms with van der Waals surface area (Å²) >= 11 is 0. The van der Waals surface area contributed by atoms with Crippen molar-refractivity contribution in [1.29, 1.82) is 0 Å². The molecule has 2 rings (SSSR count). The predicted molar refractivity (Wildman–Crippen MR) is 103 cm³/mol. The molecule has 0 saturated heterocycles. The van der Waals surface area contributed by atoms with Crippen molar-refractivity contribution in [2.75, 3.05) is 6.54 Å². The van der Waals surface area contributed by atoms with Gasteiger partial charge in [-0.25, -0.2) is 4.79 Å². The van der Waals surface area contributed by atoms with Crippen LogP contribution in [0.5, 0.6) is 0 Å². The van der Waals surface area contributed by atoms with E-state index < -0.39 is 11.6 Å². The first kappa shape index (κ1) is 20.1. The highest BCUT2D eigenvalue weighted by Crippen LogP contribution is 2.31. The Kier molecular flexibility index (Phi) is 7.37. The molecule has 0 saturated carbocycles. The van der Waals surface area contributed by atoms with Crippen LogP contribution in [0.2, 0.25) is 0 Å². The Bertz CT molecular complexity index is 629. The van der Waals surface area contributed by atoms with Gasteiger partial charge >= 0.3 is 5.97 Å². The monoisotopic (exact) mass is 355 g/mol. The van der Waals surface area contributed by atoms with E-state index in [-0.39, 0.29) is 6.04 Å². The van der Waals surface area contributed by atoms with E-state index in [4.69, 9.17) is 4.84 Å². The van der Waals surface area contributed by atoms with E-state index >= 15 is 0 Å². The molecule has 4 nitrogen and oxygen atoms in total. The van der Waals surface area contributed by atoms with Gasteiger partial charge < -0.3 is 9.94 Å². The molecule has 0 aliphatic rings. The summed E-state index contributed by atoms with van der Waals surface area (Å²) in [4.78, 5) is 18.9. The van der Waals surface area contributed by atoms with Crippen LogP contribution < -0.4 is 0 Å². The molecule has 140 valence electrons. The van der Waals surface area contributed by atoms with E-state index in [0.29, 0.717) is 17.7 Å². The molecule has 0 bridgehead atoms. The number of hydroxylamine groups is 2. The first-order valence-corrected chi connectivity index (χ1v) is 9.40. The second-order valence-electron chi connectivity index (χ2n) is 6.43. The van der Waals surface area contributed by atoms with Crippen LogP contribution in [0.15, 0.2) is 60.7 Å². The Balaban J connectivity index is 2.41. The summed E-state index contributed by atoms with van der Waals surface area (Å²) in [6.45, 7) is 6.83. The fourth-order valence-electron chi connectivity index (χ4n) is 3.15. The van der Waals surface area contributed by atoms with Crippen LogP contribution >= 0.6 is 0 Å². The minimum atomic E-state index is -1.85. The summed E-state index contributed by atoms with van der Waals surface area (Å²) in [6, 6.07) is 18.1. The van der Waals surface area contributed by atoms with E-state index in [9.17, 15) is 9.90 Å². The van der Waals surface area contributed by atoms with Crippen LogP contribution in [0.4, 0.5) is 0 Å². The number of rotatable bonds is 9. The lowest BCUT2D eigenvalue weighted by Crippen LogP contribution is -2.45. The fourth-order valence-corrected chi connectivity index (χ4v) is 3.15. The minimum absolute atomic E-state index is 0.134. The van der Waals surface area contributed by atoms with Crippen molar-refractivity contribution in [3.8, 4) is 0 Å². The molecule has 0 aromatic heterocycles. The Morgan fingerprint density at radius 3 is 1.81 bits per heavy atom. The molecule has 1 N–H and O–H groups in total. The van der Waals surface area contributed by atoms with Gasteiger partial charge in [0.25, 0.3) is 0 Å². The number of hydrogen-bond acceptors (Lipinski definition) is 4. The highest BCUT2D eigenvalue weighted by atomic mass is 16.7. The van der Waals surface area contributed by atoms with Crippen molar-refractivity contribution in [2.24, 2.45) is 0 Å². The highest BCUT2D eigenvalue weighted by Gasteiger charge is 2.43. The van der Waals surface area contributed by atoms with Crippen LogP contribution in [0.1, 0.15) is 51.2 Å². The molecule has 2 aromatic rings. The highest BCUT2D eigenvalue weighted by molar-refractivity contribution is 5.85. The second kappa shape index (κ2) is 9.51. The van der Waals surface area contributed by atoms with Crippen molar-refractivity contribution in [1.82, 2.24) is 5.06 Å². The zero-order valence-corrected chi connectivity index (χ0v) is 15.9. The molecule has 26 heavy (non-hydrogen) atoms. The molecule has 0 aliphatic carbocycles. The van der Waals surface area contributed by atoms with Crippen molar-refractivity contribution in [2.45, 2.75) is 51.7 Å². The first-order valence-electron chi connectivity index (χ1n) is 9.40. The third-order valence-corrected chi connectivity index (χ3v) is 4.67. The van der Waals surface area contributed by atoms with Gasteiger partial charge in [-0.1, -0.05) is 81.4 Å². The third-order valence-electron chi connectivity index (χ3n) is 4.67. The Morgan fingerprint density at radius 1 is 0.962 bits per heavy atom. The number of benzene rings is 2. The molecule has 0 spiro atoms. The Morgan fingerprint density at radius 2 is 1.42 bits per heavy atom. The van der Waals surface area contributed by atoms with E-state index in [1.165, 1.54) is 0 Å². The predicted octanol–water partition coefficient (Wildman–Crippen LogP) is 4.28. The smallest absolute Gasteiger partial charge is 0.366 e. The van der Waals surface area contributed by atoms with Crippen LogP contribution in [-0.4, -0.2) is 28.7 Å². The number of nitrogens with zero attached hydrogens (tertiary/aromatic N) is 1. The standard InChI is InChI=1S/C22H29NO3/c1-4-17-23(20(5-2)6-3)26-21(24)22(25,18-13-9-7-10-14-18)19-15-11-8-12-16-19/h7-16,20,25H,4-6,17H2,1-3H3. The summed E-state index contributed by atoms with van der Waals surface area (Å²) in [5.74, 6) is -0.671. The zero-order valence-electron chi connectivity index (χ0n) is 15.9. The van der Waals surface area contributed by atoms with Crippen LogP contribution in [-0.2, 0) is 15.2 Å². The van der Waals surface area contributed by atoms with Crippen molar-refractivity contribution < 1.29 is 14.7 Å². The van der Waals surface area contributed by atoms with Gasteiger partial charge in [0, 0.05) is 12.6 Å². The van der Waals surface area contributed by atoms with Crippen molar-refractivity contribution in [3.63, 3.8) is 0 Å². The molecule has 0 radical (unpaired) electrons. The average molecular weight is 355 g/mol. The van der Waals surface area contributed by atoms with Crippen molar-refractivity contribution >= 4 is 5.97 Å². The van der Waals surface area contributed by atoms with Gasteiger partial charge in [-0.15, -0.1) is 5.06 Å². The number of aliphatic hydroxyl groups is 1. The van der Waals surface area contributed by atoms with E-state index in [0.717, 1.165) is 19.3 Å². The number of hydrogen-bond donors (Lipinski definition) is 1. The van der Waals surface area contributed by atoms with Crippen LogP contribution in [0.25, 0.3) is 0 Å². The summed E-state index contributed by atoms with van der Waals surface area (Å²) in [5.41, 5.74) is -0.852. The van der Waals surface area contributed by atoms with Gasteiger partial charge in [-0.2, -0.15) is 0 Å². The SMILES string of the molecule is CCCN(OC(=O)C(O)(c1ccccc1)c1ccccc1)C(CC)CC. The lowest BCUT2D eigenvalue weighted by molar-refractivity contribution is -0.219. The van der Waals surface area contributed by atoms with Crippen LogP contribution in [0, 0.1) is 0 Å².